The lowest BCUT2D eigenvalue weighted by atomic mass is 9.90. The van der Waals surface area contributed by atoms with Gasteiger partial charge in [0.1, 0.15) is 0 Å². The minimum absolute atomic E-state index is 0.178. The Bertz CT molecular complexity index is 415. The average Bonchev–Trinajstić information content (AvgIpc) is 3.24. The maximum Gasteiger partial charge on any atom is 0.0693 e. The lowest BCUT2D eigenvalue weighted by molar-refractivity contribution is 0.0831. The Morgan fingerprint density at radius 3 is 2.37 bits per heavy atom. The summed E-state index contributed by atoms with van der Waals surface area (Å²) in [7, 11) is 0. The Labute approximate surface area is 120 Å². The molecule has 1 aromatic rings. The zero-order chi connectivity index (χ0) is 13.2. The molecule has 0 heterocycles. The van der Waals surface area contributed by atoms with Gasteiger partial charge in [-0.15, -0.1) is 0 Å². The fourth-order valence-corrected chi connectivity index (χ4v) is 3.27. The molecule has 2 saturated carbocycles. The number of benzene rings is 1. The van der Waals surface area contributed by atoms with Crippen molar-refractivity contribution >= 4 is 11.6 Å². The Morgan fingerprint density at radius 1 is 1.05 bits per heavy atom. The fraction of sp³-hybridized carbons (Fsp3) is 0.625. The highest BCUT2D eigenvalue weighted by Gasteiger charge is 2.35. The molecule has 3 unspecified atom stereocenters. The minimum Gasteiger partial charge on any atom is -0.392 e. The first-order chi connectivity index (χ1) is 9.24. The van der Waals surface area contributed by atoms with Gasteiger partial charge in [-0.05, 0) is 49.3 Å². The molecule has 0 bridgehead atoms. The van der Waals surface area contributed by atoms with Crippen molar-refractivity contribution in [3.8, 4) is 0 Å². The van der Waals surface area contributed by atoms with E-state index in [-0.39, 0.29) is 12.1 Å². The summed E-state index contributed by atoms with van der Waals surface area (Å²) >= 11 is 5.97. The van der Waals surface area contributed by atoms with E-state index in [1.165, 1.54) is 24.8 Å². The van der Waals surface area contributed by atoms with Gasteiger partial charge in [0.05, 0.1) is 6.10 Å². The molecular formula is C16H22ClNO. The quantitative estimate of drug-likeness (QED) is 0.881. The van der Waals surface area contributed by atoms with Crippen molar-refractivity contribution in [1.82, 2.24) is 5.32 Å². The van der Waals surface area contributed by atoms with Gasteiger partial charge in [0.2, 0.25) is 0 Å². The van der Waals surface area contributed by atoms with Crippen molar-refractivity contribution in [2.45, 2.75) is 56.7 Å². The van der Waals surface area contributed by atoms with Gasteiger partial charge in [-0.1, -0.05) is 36.6 Å². The number of nitrogens with one attached hydrogen (secondary N) is 1. The summed E-state index contributed by atoms with van der Waals surface area (Å²) in [6.07, 6.45) is 6.84. The van der Waals surface area contributed by atoms with Crippen molar-refractivity contribution < 1.29 is 5.11 Å². The third kappa shape index (κ3) is 3.31. The van der Waals surface area contributed by atoms with Crippen LogP contribution < -0.4 is 5.32 Å². The number of rotatable bonds is 4. The van der Waals surface area contributed by atoms with Crippen LogP contribution >= 0.6 is 11.6 Å². The zero-order valence-electron chi connectivity index (χ0n) is 11.2. The standard InChI is InChI=1S/C16H22ClNO/c17-13-9-7-12(8-10-13)16(11-5-6-11)18-14-3-1-2-4-15(14)19/h7-11,14-16,18-19H,1-6H2. The molecule has 2 aliphatic carbocycles. The summed E-state index contributed by atoms with van der Waals surface area (Å²) < 4.78 is 0. The average molecular weight is 280 g/mol. The van der Waals surface area contributed by atoms with Crippen molar-refractivity contribution in [3.63, 3.8) is 0 Å². The van der Waals surface area contributed by atoms with Gasteiger partial charge in [-0.25, -0.2) is 0 Å². The summed E-state index contributed by atoms with van der Waals surface area (Å²) in [4.78, 5) is 0. The molecule has 0 spiro atoms. The lowest BCUT2D eigenvalue weighted by Crippen LogP contribution is -2.44. The van der Waals surface area contributed by atoms with Crippen LogP contribution in [0.4, 0.5) is 0 Å². The van der Waals surface area contributed by atoms with E-state index >= 15 is 0 Å². The van der Waals surface area contributed by atoms with E-state index in [1.807, 2.05) is 12.1 Å². The van der Waals surface area contributed by atoms with E-state index in [4.69, 9.17) is 11.6 Å². The molecule has 2 fully saturated rings. The maximum absolute atomic E-state index is 10.1. The SMILES string of the molecule is OC1CCCCC1NC(c1ccc(Cl)cc1)C1CC1. The second kappa shape index (κ2) is 5.82. The summed E-state index contributed by atoms with van der Waals surface area (Å²) in [6.45, 7) is 0. The Balaban J connectivity index is 1.72. The van der Waals surface area contributed by atoms with Crippen molar-refractivity contribution in [2.75, 3.05) is 0 Å². The van der Waals surface area contributed by atoms with Crippen LogP contribution in [0.15, 0.2) is 24.3 Å². The smallest absolute Gasteiger partial charge is 0.0693 e. The second-order valence-electron chi connectivity index (χ2n) is 5.99. The van der Waals surface area contributed by atoms with Crippen LogP contribution in [0, 0.1) is 5.92 Å². The molecule has 19 heavy (non-hydrogen) atoms. The molecule has 1 aromatic carbocycles. The lowest BCUT2D eigenvalue weighted by Gasteiger charge is -2.32. The van der Waals surface area contributed by atoms with Gasteiger partial charge in [-0.2, -0.15) is 0 Å². The van der Waals surface area contributed by atoms with Crippen molar-refractivity contribution in [1.29, 1.82) is 0 Å². The minimum atomic E-state index is -0.178. The molecular weight excluding hydrogens is 258 g/mol. The highest BCUT2D eigenvalue weighted by atomic mass is 35.5. The summed E-state index contributed by atoms with van der Waals surface area (Å²) in [5, 5.41) is 14.6. The predicted molar refractivity (Wildman–Crippen MR) is 78.3 cm³/mol. The van der Waals surface area contributed by atoms with E-state index in [2.05, 4.69) is 17.4 Å². The normalized spacial score (nSPS) is 29.2. The molecule has 0 amide bonds. The molecule has 2 aliphatic rings. The molecule has 0 saturated heterocycles. The molecule has 3 rings (SSSR count). The van der Waals surface area contributed by atoms with Gasteiger partial charge in [0.25, 0.3) is 0 Å². The fourth-order valence-electron chi connectivity index (χ4n) is 3.14. The second-order valence-corrected chi connectivity index (χ2v) is 6.43. The van der Waals surface area contributed by atoms with Crippen LogP contribution in [0.5, 0.6) is 0 Å². The third-order valence-electron chi connectivity index (χ3n) is 4.45. The van der Waals surface area contributed by atoms with Gasteiger partial charge in [0.15, 0.2) is 0 Å². The zero-order valence-corrected chi connectivity index (χ0v) is 11.9. The molecule has 2 nitrogen and oxygen atoms in total. The third-order valence-corrected chi connectivity index (χ3v) is 4.70. The summed E-state index contributed by atoms with van der Waals surface area (Å²) in [5.74, 6) is 0.732. The molecule has 0 aliphatic heterocycles. The van der Waals surface area contributed by atoms with Crippen molar-refractivity contribution in [3.05, 3.63) is 34.9 Å². The first-order valence-electron chi connectivity index (χ1n) is 7.43. The molecule has 0 radical (unpaired) electrons. The number of aliphatic hydroxyl groups excluding tert-OH is 1. The number of hydrogen-bond acceptors (Lipinski definition) is 2. The van der Waals surface area contributed by atoms with Crippen LogP contribution in [0.2, 0.25) is 5.02 Å². The largest absolute Gasteiger partial charge is 0.392 e. The first-order valence-corrected chi connectivity index (χ1v) is 7.81. The van der Waals surface area contributed by atoms with Gasteiger partial charge >= 0.3 is 0 Å². The van der Waals surface area contributed by atoms with Gasteiger partial charge in [0, 0.05) is 17.1 Å². The van der Waals surface area contributed by atoms with E-state index < -0.39 is 0 Å². The van der Waals surface area contributed by atoms with E-state index in [0.29, 0.717) is 6.04 Å². The first kappa shape index (κ1) is 13.4. The summed E-state index contributed by atoms with van der Waals surface area (Å²) in [5.41, 5.74) is 1.31. The highest BCUT2D eigenvalue weighted by Crippen LogP contribution is 2.42. The van der Waals surface area contributed by atoms with Crippen LogP contribution in [-0.2, 0) is 0 Å². The van der Waals surface area contributed by atoms with Crippen LogP contribution in [0.1, 0.15) is 50.1 Å². The van der Waals surface area contributed by atoms with Crippen LogP contribution in [-0.4, -0.2) is 17.3 Å². The van der Waals surface area contributed by atoms with E-state index in [0.717, 1.165) is 30.2 Å². The molecule has 104 valence electrons. The Kier molecular flexibility index (Phi) is 4.11. The van der Waals surface area contributed by atoms with Crippen molar-refractivity contribution in [2.24, 2.45) is 5.92 Å². The van der Waals surface area contributed by atoms with Gasteiger partial charge in [-0.3, -0.25) is 0 Å². The molecule has 3 atom stereocenters. The Hall–Kier alpha value is -0.570. The predicted octanol–water partition coefficient (Wildman–Crippen LogP) is 3.68. The number of hydrogen-bond donors (Lipinski definition) is 2. The van der Waals surface area contributed by atoms with E-state index in [9.17, 15) is 5.11 Å². The Morgan fingerprint density at radius 2 is 1.74 bits per heavy atom. The van der Waals surface area contributed by atoms with Gasteiger partial charge < -0.3 is 10.4 Å². The molecule has 0 aromatic heterocycles. The van der Waals surface area contributed by atoms with Crippen LogP contribution in [0.25, 0.3) is 0 Å². The summed E-state index contributed by atoms with van der Waals surface area (Å²) in [6, 6.07) is 8.81. The highest BCUT2D eigenvalue weighted by molar-refractivity contribution is 6.30. The topological polar surface area (TPSA) is 32.3 Å². The number of aliphatic hydroxyl groups is 1. The number of halogens is 1. The van der Waals surface area contributed by atoms with E-state index in [1.54, 1.807) is 0 Å². The van der Waals surface area contributed by atoms with Crippen LogP contribution in [0.3, 0.4) is 0 Å². The molecule has 3 heteroatoms. The molecule has 2 N–H and O–H groups in total. The monoisotopic (exact) mass is 279 g/mol. The maximum atomic E-state index is 10.1.